The molecule has 0 aliphatic carbocycles. The van der Waals surface area contributed by atoms with Gasteiger partial charge in [0.25, 0.3) is 0 Å². The Bertz CT molecular complexity index is 924. The summed E-state index contributed by atoms with van der Waals surface area (Å²) in [5.74, 6) is 0.404. The molecule has 0 amide bonds. The van der Waals surface area contributed by atoms with E-state index in [2.05, 4.69) is 54.4 Å². The Morgan fingerprint density at radius 1 is 1.04 bits per heavy atom. The largest absolute Gasteiger partial charge is 0.370 e. The molecule has 0 saturated carbocycles. The Hall–Kier alpha value is -2.35. The van der Waals surface area contributed by atoms with E-state index in [0.717, 1.165) is 28.3 Å². The number of guanidine groups is 1. The number of rotatable bonds is 4. The highest BCUT2D eigenvalue weighted by Gasteiger charge is 2.12. The van der Waals surface area contributed by atoms with Gasteiger partial charge >= 0.3 is 0 Å². The number of aryl methyl sites for hydroxylation is 3. The number of nitrogens with two attached hydrogens (primary N) is 1. The zero-order chi connectivity index (χ0) is 18.7. The molecule has 27 heavy (non-hydrogen) atoms. The number of hydrogen-bond acceptors (Lipinski definition) is 2. The monoisotopic (exact) mass is 475 g/mol. The third kappa shape index (κ3) is 5.09. The molecule has 0 radical (unpaired) electrons. The second-order valence-electron chi connectivity index (χ2n) is 6.60. The number of anilines is 1. The molecule has 0 fully saturated rings. The molecule has 0 aliphatic heterocycles. The molecule has 5 nitrogen and oxygen atoms in total. The van der Waals surface area contributed by atoms with E-state index in [1.165, 1.54) is 11.1 Å². The van der Waals surface area contributed by atoms with Gasteiger partial charge in [-0.05, 0) is 63.1 Å². The van der Waals surface area contributed by atoms with E-state index in [4.69, 9.17) is 5.73 Å². The van der Waals surface area contributed by atoms with Crippen molar-refractivity contribution in [2.75, 3.05) is 5.32 Å². The van der Waals surface area contributed by atoms with Gasteiger partial charge in [-0.1, -0.05) is 24.3 Å². The molecule has 3 rings (SSSR count). The summed E-state index contributed by atoms with van der Waals surface area (Å²) >= 11 is 0. The van der Waals surface area contributed by atoms with Crippen molar-refractivity contribution in [2.24, 2.45) is 10.7 Å². The van der Waals surface area contributed by atoms with E-state index in [1.807, 2.05) is 41.9 Å². The molecule has 0 unspecified atom stereocenters. The van der Waals surface area contributed by atoms with E-state index in [-0.39, 0.29) is 24.0 Å². The zero-order valence-electron chi connectivity index (χ0n) is 16.2. The number of aromatic nitrogens is 2. The van der Waals surface area contributed by atoms with Gasteiger partial charge < -0.3 is 11.1 Å². The molecular formula is C21H26IN5. The summed E-state index contributed by atoms with van der Waals surface area (Å²) in [4.78, 5) is 4.51. The van der Waals surface area contributed by atoms with Crippen molar-refractivity contribution in [1.82, 2.24) is 9.78 Å². The average molecular weight is 475 g/mol. The number of aliphatic imine (C=N–C) groups is 1. The van der Waals surface area contributed by atoms with Crippen molar-refractivity contribution < 1.29 is 0 Å². The van der Waals surface area contributed by atoms with E-state index >= 15 is 0 Å². The lowest BCUT2D eigenvalue weighted by atomic mass is 10.1. The first-order chi connectivity index (χ1) is 12.4. The van der Waals surface area contributed by atoms with Gasteiger partial charge in [0.15, 0.2) is 5.96 Å². The molecule has 0 spiro atoms. The van der Waals surface area contributed by atoms with Crippen LogP contribution in [0.2, 0.25) is 0 Å². The quantitative estimate of drug-likeness (QED) is 0.328. The fourth-order valence-corrected chi connectivity index (χ4v) is 3.12. The SMILES string of the molecule is Cc1cc(C)cc(NC(N)=NCc2c(C)nn(-c3ccccc3)c2C)c1.I. The van der Waals surface area contributed by atoms with E-state index < -0.39 is 0 Å². The first-order valence-corrected chi connectivity index (χ1v) is 8.70. The van der Waals surface area contributed by atoms with Gasteiger partial charge in [0.2, 0.25) is 0 Å². The highest BCUT2D eigenvalue weighted by Crippen LogP contribution is 2.19. The molecule has 3 aromatic rings. The van der Waals surface area contributed by atoms with Crippen molar-refractivity contribution in [3.05, 3.63) is 76.6 Å². The van der Waals surface area contributed by atoms with Crippen LogP contribution in [0.5, 0.6) is 0 Å². The lowest BCUT2D eigenvalue weighted by molar-refractivity contribution is 0.832. The molecule has 2 aromatic carbocycles. The molecule has 1 aromatic heterocycles. The predicted molar refractivity (Wildman–Crippen MR) is 123 cm³/mol. The first-order valence-electron chi connectivity index (χ1n) is 8.70. The summed E-state index contributed by atoms with van der Waals surface area (Å²) in [6.07, 6.45) is 0. The summed E-state index contributed by atoms with van der Waals surface area (Å²) in [6, 6.07) is 16.3. The van der Waals surface area contributed by atoms with Crippen LogP contribution in [0.1, 0.15) is 28.1 Å². The second-order valence-corrected chi connectivity index (χ2v) is 6.60. The molecular weight excluding hydrogens is 449 g/mol. The van der Waals surface area contributed by atoms with Crippen molar-refractivity contribution in [2.45, 2.75) is 34.2 Å². The van der Waals surface area contributed by atoms with Crippen LogP contribution in [0.15, 0.2) is 53.5 Å². The van der Waals surface area contributed by atoms with Crippen LogP contribution < -0.4 is 11.1 Å². The van der Waals surface area contributed by atoms with Crippen LogP contribution in [0.3, 0.4) is 0 Å². The number of hydrogen-bond donors (Lipinski definition) is 2. The van der Waals surface area contributed by atoms with Crippen molar-refractivity contribution in [3.8, 4) is 5.69 Å². The van der Waals surface area contributed by atoms with Gasteiger partial charge in [-0.15, -0.1) is 24.0 Å². The van der Waals surface area contributed by atoms with E-state index in [0.29, 0.717) is 12.5 Å². The van der Waals surface area contributed by atoms with Gasteiger partial charge in [-0.2, -0.15) is 5.10 Å². The highest BCUT2D eigenvalue weighted by atomic mass is 127. The molecule has 0 bridgehead atoms. The summed E-state index contributed by atoms with van der Waals surface area (Å²) in [5.41, 5.74) is 13.6. The Balaban J connectivity index is 0.00000261. The van der Waals surface area contributed by atoms with Crippen LogP contribution in [0.25, 0.3) is 5.69 Å². The lowest BCUT2D eigenvalue weighted by Gasteiger charge is -2.08. The van der Waals surface area contributed by atoms with Gasteiger partial charge in [0.1, 0.15) is 0 Å². The number of nitrogens with zero attached hydrogens (tertiary/aromatic N) is 3. The maximum Gasteiger partial charge on any atom is 0.193 e. The molecule has 0 atom stereocenters. The summed E-state index contributed by atoms with van der Waals surface area (Å²) < 4.78 is 1.95. The highest BCUT2D eigenvalue weighted by molar-refractivity contribution is 14.0. The predicted octanol–water partition coefficient (Wildman–Crippen LogP) is 4.65. The Morgan fingerprint density at radius 2 is 1.67 bits per heavy atom. The van der Waals surface area contributed by atoms with Gasteiger partial charge in [0, 0.05) is 16.9 Å². The van der Waals surface area contributed by atoms with Gasteiger partial charge in [-0.25, -0.2) is 9.67 Å². The number of nitrogens with one attached hydrogen (secondary N) is 1. The Kier molecular flexibility index (Phi) is 7.01. The Labute approximate surface area is 177 Å². The second kappa shape index (κ2) is 9.03. The van der Waals surface area contributed by atoms with Crippen molar-refractivity contribution in [1.29, 1.82) is 0 Å². The van der Waals surface area contributed by atoms with Crippen LogP contribution in [-0.2, 0) is 6.54 Å². The summed E-state index contributed by atoms with van der Waals surface area (Å²) in [7, 11) is 0. The molecule has 142 valence electrons. The van der Waals surface area contributed by atoms with E-state index in [9.17, 15) is 0 Å². The summed E-state index contributed by atoms with van der Waals surface area (Å²) in [5, 5.41) is 7.82. The van der Waals surface area contributed by atoms with Crippen molar-refractivity contribution in [3.63, 3.8) is 0 Å². The average Bonchev–Trinajstić information content (AvgIpc) is 2.87. The maximum absolute atomic E-state index is 6.08. The molecule has 1 heterocycles. The minimum absolute atomic E-state index is 0. The third-order valence-electron chi connectivity index (χ3n) is 4.34. The molecule has 0 saturated heterocycles. The van der Waals surface area contributed by atoms with Gasteiger partial charge in [0.05, 0.1) is 17.9 Å². The molecule has 3 N–H and O–H groups in total. The maximum atomic E-state index is 6.08. The number of benzene rings is 2. The van der Waals surface area contributed by atoms with Crippen LogP contribution in [0, 0.1) is 27.7 Å². The standard InChI is InChI=1S/C21H25N5.HI/c1-14-10-15(2)12-18(11-14)24-21(22)23-13-20-16(3)25-26(17(20)4)19-8-6-5-7-9-19;/h5-12H,13H2,1-4H3,(H3,22,23,24);1H. The fraction of sp³-hybridized carbons (Fsp3) is 0.238. The van der Waals surface area contributed by atoms with Crippen molar-refractivity contribution >= 4 is 35.6 Å². The van der Waals surface area contributed by atoms with Crippen LogP contribution in [0.4, 0.5) is 5.69 Å². The lowest BCUT2D eigenvalue weighted by Crippen LogP contribution is -2.22. The molecule has 0 aliphatic rings. The Morgan fingerprint density at radius 3 is 2.30 bits per heavy atom. The van der Waals surface area contributed by atoms with Crippen LogP contribution in [-0.4, -0.2) is 15.7 Å². The first kappa shape index (κ1) is 21.0. The minimum atomic E-state index is 0. The zero-order valence-corrected chi connectivity index (χ0v) is 18.5. The fourth-order valence-electron chi connectivity index (χ4n) is 3.12. The molecule has 6 heteroatoms. The minimum Gasteiger partial charge on any atom is -0.370 e. The number of halogens is 1. The number of para-hydroxylation sites is 1. The summed E-state index contributed by atoms with van der Waals surface area (Å²) in [6.45, 7) is 8.69. The smallest absolute Gasteiger partial charge is 0.193 e. The van der Waals surface area contributed by atoms with Crippen LogP contribution >= 0.6 is 24.0 Å². The van der Waals surface area contributed by atoms with Gasteiger partial charge in [-0.3, -0.25) is 0 Å². The third-order valence-corrected chi connectivity index (χ3v) is 4.34. The van der Waals surface area contributed by atoms with E-state index in [1.54, 1.807) is 0 Å². The topological polar surface area (TPSA) is 68.2 Å². The normalized spacial score (nSPS) is 11.2.